The lowest BCUT2D eigenvalue weighted by molar-refractivity contribution is 0.0704. The molecule has 1 aromatic heterocycles. The maximum atomic E-state index is 12.1. The van der Waals surface area contributed by atoms with Crippen molar-refractivity contribution in [2.45, 2.75) is 13.8 Å². The van der Waals surface area contributed by atoms with Gasteiger partial charge >= 0.3 is 5.97 Å². The van der Waals surface area contributed by atoms with Crippen LogP contribution in [-0.4, -0.2) is 5.97 Å². The van der Waals surface area contributed by atoms with Gasteiger partial charge in [-0.05, 0) is 61.4 Å². The molecule has 2 aromatic carbocycles. The van der Waals surface area contributed by atoms with Crippen LogP contribution in [0, 0.1) is 13.8 Å². The van der Waals surface area contributed by atoms with Gasteiger partial charge in [0.05, 0.1) is 0 Å². The van der Waals surface area contributed by atoms with E-state index in [0.29, 0.717) is 11.3 Å². The standard InChI is InChI=1S/C17H13BrO3/c1-10-3-5-14(7-11(10)2)20-17(19)16-9-12-8-13(18)4-6-15(12)21-16/h3-9H,1-2H3. The van der Waals surface area contributed by atoms with E-state index < -0.39 is 5.97 Å². The molecule has 0 atom stereocenters. The predicted octanol–water partition coefficient (Wildman–Crippen LogP) is 5.03. The third-order valence-corrected chi connectivity index (χ3v) is 3.86. The number of carbonyl (C=O) groups is 1. The number of hydrogen-bond donors (Lipinski definition) is 0. The van der Waals surface area contributed by atoms with Gasteiger partial charge in [0.15, 0.2) is 0 Å². The van der Waals surface area contributed by atoms with Crippen LogP contribution in [0.25, 0.3) is 11.0 Å². The molecule has 0 bridgehead atoms. The Hall–Kier alpha value is -2.07. The molecule has 1 heterocycles. The minimum absolute atomic E-state index is 0.196. The number of benzene rings is 2. The summed E-state index contributed by atoms with van der Waals surface area (Å²) in [6.07, 6.45) is 0. The van der Waals surface area contributed by atoms with E-state index in [-0.39, 0.29) is 5.76 Å². The molecule has 106 valence electrons. The molecule has 0 aliphatic heterocycles. The van der Waals surface area contributed by atoms with Crippen molar-refractivity contribution in [1.82, 2.24) is 0 Å². The lowest BCUT2D eigenvalue weighted by Crippen LogP contribution is -2.07. The average molecular weight is 345 g/mol. The minimum Gasteiger partial charge on any atom is -0.449 e. The van der Waals surface area contributed by atoms with E-state index in [1.165, 1.54) is 0 Å². The molecule has 0 radical (unpaired) electrons. The van der Waals surface area contributed by atoms with Crippen LogP contribution in [0.3, 0.4) is 0 Å². The van der Waals surface area contributed by atoms with Gasteiger partial charge in [0, 0.05) is 9.86 Å². The highest BCUT2D eigenvalue weighted by molar-refractivity contribution is 9.10. The monoisotopic (exact) mass is 344 g/mol. The summed E-state index contributed by atoms with van der Waals surface area (Å²) in [7, 11) is 0. The van der Waals surface area contributed by atoms with Crippen LogP contribution >= 0.6 is 15.9 Å². The fourth-order valence-electron chi connectivity index (χ4n) is 2.05. The van der Waals surface area contributed by atoms with E-state index in [0.717, 1.165) is 21.0 Å². The molecular weight excluding hydrogens is 332 g/mol. The van der Waals surface area contributed by atoms with E-state index in [1.54, 1.807) is 12.1 Å². The first-order valence-corrected chi connectivity index (χ1v) is 7.31. The van der Waals surface area contributed by atoms with Crippen molar-refractivity contribution in [2.75, 3.05) is 0 Å². The zero-order chi connectivity index (χ0) is 15.0. The molecule has 0 amide bonds. The second-order valence-corrected chi connectivity index (χ2v) is 5.84. The van der Waals surface area contributed by atoms with Crippen molar-refractivity contribution in [3.8, 4) is 5.75 Å². The zero-order valence-electron chi connectivity index (χ0n) is 11.6. The third-order valence-electron chi connectivity index (χ3n) is 3.37. The molecule has 0 saturated heterocycles. The lowest BCUT2D eigenvalue weighted by atomic mass is 10.1. The molecule has 0 aliphatic carbocycles. The van der Waals surface area contributed by atoms with E-state index >= 15 is 0 Å². The quantitative estimate of drug-likeness (QED) is 0.483. The summed E-state index contributed by atoms with van der Waals surface area (Å²) in [5.74, 6) is 0.219. The Morgan fingerprint density at radius 2 is 1.86 bits per heavy atom. The number of ether oxygens (including phenoxy) is 1. The first kappa shape index (κ1) is 13.9. The smallest absolute Gasteiger partial charge is 0.379 e. The van der Waals surface area contributed by atoms with Gasteiger partial charge in [0.25, 0.3) is 0 Å². The van der Waals surface area contributed by atoms with Gasteiger partial charge in [-0.1, -0.05) is 22.0 Å². The summed E-state index contributed by atoms with van der Waals surface area (Å²) in [5, 5.41) is 0.858. The van der Waals surface area contributed by atoms with Crippen LogP contribution < -0.4 is 4.74 Å². The second-order valence-electron chi connectivity index (χ2n) is 4.93. The Morgan fingerprint density at radius 1 is 1.05 bits per heavy atom. The zero-order valence-corrected chi connectivity index (χ0v) is 13.2. The summed E-state index contributed by atoms with van der Waals surface area (Å²) < 4.78 is 11.8. The van der Waals surface area contributed by atoms with Gasteiger partial charge in [0.1, 0.15) is 11.3 Å². The van der Waals surface area contributed by atoms with Crippen LogP contribution in [0.1, 0.15) is 21.7 Å². The molecule has 3 aromatic rings. The van der Waals surface area contributed by atoms with Gasteiger partial charge in [-0.2, -0.15) is 0 Å². The van der Waals surface area contributed by atoms with Crippen LogP contribution in [0.2, 0.25) is 0 Å². The number of carbonyl (C=O) groups excluding carboxylic acids is 1. The molecule has 0 fully saturated rings. The third kappa shape index (κ3) is 2.85. The fourth-order valence-corrected chi connectivity index (χ4v) is 2.43. The van der Waals surface area contributed by atoms with Gasteiger partial charge in [0.2, 0.25) is 5.76 Å². The number of hydrogen-bond acceptors (Lipinski definition) is 3. The molecular formula is C17H13BrO3. The van der Waals surface area contributed by atoms with Gasteiger partial charge in [-0.3, -0.25) is 0 Å². The topological polar surface area (TPSA) is 39.4 Å². The average Bonchev–Trinajstić information content (AvgIpc) is 2.86. The Kier molecular flexibility index (Phi) is 3.55. The molecule has 0 aliphatic rings. The van der Waals surface area contributed by atoms with Crippen LogP contribution in [0.15, 0.2) is 51.4 Å². The van der Waals surface area contributed by atoms with Crippen molar-refractivity contribution in [2.24, 2.45) is 0 Å². The first-order chi connectivity index (χ1) is 10.0. The maximum absolute atomic E-state index is 12.1. The highest BCUT2D eigenvalue weighted by Gasteiger charge is 2.15. The van der Waals surface area contributed by atoms with E-state index in [2.05, 4.69) is 15.9 Å². The molecule has 0 saturated carbocycles. The van der Waals surface area contributed by atoms with Crippen molar-refractivity contribution < 1.29 is 13.9 Å². The molecule has 21 heavy (non-hydrogen) atoms. The number of furan rings is 1. The van der Waals surface area contributed by atoms with E-state index in [1.807, 2.05) is 44.2 Å². The molecule has 0 unspecified atom stereocenters. The second kappa shape index (κ2) is 5.37. The highest BCUT2D eigenvalue weighted by atomic mass is 79.9. The predicted molar refractivity (Wildman–Crippen MR) is 84.8 cm³/mol. The first-order valence-electron chi connectivity index (χ1n) is 6.51. The van der Waals surface area contributed by atoms with Gasteiger partial charge in [-0.15, -0.1) is 0 Å². The van der Waals surface area contributed by atoms with Crippen molar-refractivity contribution in [1.29, 1.82) is 0 Å². The van der Waals surface area contributed by atoms with Crippen molar-refractivity contribution >= 4 is 32.9 Å². The minimum atomic E-state index is -0.495. The molecule has 3 rings (SSSR count). The van der Waals surface area contributed by atoms with Crippen molar-refractivity contribution in [3.05, 3.63) is 63.8 Å². The number of rotatable bonds is 2. The van der Waals surface area contributed by atoms with Gasteiger partial charge < -0.3 is 9.15 Å². The number of esters is 1. The van der Waals surface area contributed by atoms with Crippen LogP contribution in [-0.2, 0) is 0 Å². The van der Waals surface area contributed by atoms with Gasteiger partial charge in [-0.25, -0.2) is 4.79 Å². The Balaban J connectivity index is 1.87. The van der Waals surface area contributed by atoms with E-state index in [9.17, 15) is 4.79 Å². The van der Waals surface area contributed by atoms with Crippen LogP contribution in [0.4, 0.5) is 0 Å². The molecule has 0 spiro atoms. The normalized spacial score (nSPS) is 10.8. The Labute approximate surface area is 130 Å². The summed E-state index contributed by atoms with van der Waals surface area (Å²) in [4.78, 5) is 12.1. The molecule has 4 heteroatoms. The van der Waals surface area contributed by atoms with Crippen LogP contribution in [0.5, 0.6) is 5.75 Å². The number of aryl methyl sites for hydroxylation is 2. The lowest BCUT2D eigenvalue weighted by Gasteiger charge is -2.05. The largest absolute Gasteiger partial charge is 0.449 e. The fraction of sp³-hybridized carbons (Fsp3) is 0.118. The molecule has 0 N–H and O–H groups in total. The summed E-state index contributed by atoms with van der Waals surface area (Å²) in [5.41, 5.74) is 2.89. The summed E-state index contributed by atoms with van der Waals surface area (Å²) >= 11 is 3.39. The maximum Gasteiger partial charge on any atom is 0.379 e. The summed E-state index contributed by atoms with van der Waals surface area (Å²) in [6.45, 7) is 3.99. The van der Waals surface area contributed by atoms with Crippen molar-refractivity contribution in [3.63, 3.8) is 0 Å². The Morgan fingerprint density at radius 3 is 2.62 bits per heavy atom. The van der Waals surface area contributed by atoms with E-state index in [4.69, 9.17) is 9.15 Å². The summed E-state index contributed by atoms with van der Waals surface area (Å²) in [6, 6.07) is 12.8. The Bertz CT molecular complexity index is 833. The number of fused-ring (bicyclic) bond motifs is 1. The number of halogens is 1. The SMILES string of the molecule is Cc1ccc(OC(=O)c2cc3cc(Br)ccc3o2)cc1C. The molecule has 3 nitrogen and oxygen atoms in total. The highest BCUT2D eigenvalue weighted by Crippen LogP contribution is 2.24.